The number of nitrogens with two attached hydrogens (primary N) is 1. The van der Waals surface area contributed by atoms with E-state index >= 15 is 0 Å². The van der Waals surface area contributed by atoms with Crippen LogP contribution in [0.15, 0.2) is 48.5 Å². The van der Waals surface area contributed by atoms with Crippen LogP contribution >= 0.6 is 0 Å². The van der Waals surface area contributed by atoms with E-state index in [-0.39, 0.29) is 11.5 Å². The number of benzene rings is 2. The molecule has 0 amide bonds. The van der Waals surface area contributed by atoms with Crippen molar-refractivity contribution in [2.75, 3.05) is 0 Å². The Bertz CT molecular complexity index is 620. The lowest BCUT2D eigenvalue weighted by molar-refractivity contribution is 0.194. The summed E-state index contributed by atoms with van der Waals surface area (Å²) in [6.07, 6.45) is 3.84. The van der Waals surface area contributed by atoms with Crippen molar-refractivity contribution in [3.8, 4) is 0 Å². The normalized spacial score (nSPS) is 18.0. The second kappa shape index (κ2) is 5.57. The van der Waals surface area contributed by atoms with Crippen LogP contribution in [0.3, 0.4) is 0 Å². The summed E-state index contributed by atoms with van der Waals surface area (Å²) >= 11 is 0. The fraction of sp³-hybridized carbons (Fsp3) is 0.333. The van der Waals surface area contributed by atoms with Gasteiger partial charge in [0.2, 0.25) is 0 Å². The lowest BCUT2D eigenvalue weighted by atomic mass is 9.59. The van der Waals surface area contributed by atoms with Gasteiger partial charge in [-0.2, -0.15) is 0 Å². The number of hydrogen-bond donors (Lipinski definition) is 1. The summed E-state index contributed by atoms with van der Waals surface area (Å²) < 4.78 is 26.3. The third-order valence-electron chi connectivity index (χ3n) is 4.74. The average molecular weight is 287 g/mol. The molecular formula is C18H19F2N. The maximum Gasteiger partial charge on any atom is 0.159 e. The molecule has 3 rings (SSSR count). The van der Waals surface area contributed by atoms with Crippen LogP contribution in [-0.4, -0.2) is 6.04 Å². The zero-order chi connectivity index (χ0) is 14.9. The van der Waals surface area contributed by atoms with Gasteiger partial charge in [-0.05, 0) is 42.5 Å². The van der Waals surface area contributed by atoms with Gasteiger partial charge in [-0.1, -0.05) is 42.8 Å². The molecule has 2 aromatic rings. The first kappa shape index (κ1) is 14.2. The standard InChI is InChI=1S/C18H19F2N/c19-15-8-7-13(11-16(15)20)12-17(21)18(9-4-10-18)14-5-2-1-3-6-14/h1-3,5-8,11,17H,4,9-10,12,21H2. The van der Waals surface area contributed by atoms with Gasteiger partial charge in [-0.15, -0.1) is 0 Å². The van der Waals surface area contributed by atoms with Gasteiger partial charge in [0.25, 0.3) is 0 Å². The summed E-state index contributed by atoms with van der Waals surface area (Å²) in [5.74, 6) is -1.61. The van der Waals surface area contributed by atoms with E-state index in [4.69, 9.17) is 5.73 Å². The molecule has 3 heteroatoms. The molecule has 1 nitrogen and oxygen atoms in total. The Morgan fingerprint density at radius 3 is 2.29 bits per heavy atom. The third-order valence-corrected chi connectivity index (χ3v) is 4.74. The van der Waals surface area contributed by atoms with Gasteiger partial charge in [-0.25, -0.2) is 8.78 Å². The predicted molar refractivity (Wildman–Crippen MR) is 80.0 cm³/mol. The molecule has 1 fully saturated rings. The zero-order valence-electron chi connectivity index (χ0n) is 11.9. The summed E-state index contributed by atoms with van der Waals surface area (Å²) in [5, 5.41) is 0. The van der Waals surface area contributed by atoms with Crippen molar-refractivity contribution in [1.29, 1.82) is 0 Å². The monoisotopic (exact) mass is 287 g/mol. The van der Waals surface area contributed by atoms with Crippen LogP contribution in [0.5, 0.6) is 0 Å². The average Bonchev–Trinajstić information content (AvgIpc) is 2.43. The van der Waals surface area contributed by atoms with Crippen LogP contribution in [0.2, 0.25) is 0 Å². The van der Waals surface area contributed by atoms with E-state index in [1.54, 1.807) is 6.07 Å². The highest BCUT2D eigenvalue weighted by Gasteiger charge is 2.43. The molecule has 21 heavy (non-hydrogen) atoms. The van der Waals surface area contributed by atoms with Crippen LogP contribution in [0.4, 0.5) is 8.78 Å². The molecule has 2 aromatic carbocycles. The molecule has 0 radical (unpaired) electrons. The van der Waals surface area contributed by atoms with Gasteiger partial charge >= 0.3 is 0 Å². The molecule has 1 aliphatic rings. The minimum absolute atomic E-state index is 0.0217. The minimum atomic E-state index is -0.811. The fourth-order valence-corrected chi connectivity index (χ4v) is 3.32. The summed E-state index contributed by atoms with van der Waals surface area (Å²) in [5.41, 5.74) is 8.44. The fourth-order valence-electron chi connectivity index (χ4n) is 3.32. The highest BCUT2D eigenvalue weighted by atomic mass is 19.2. The van der Waals surface area contributed by atoms with Crippen molar-refractivity contribution in [3.63, 3.8) is 0 Å². The first-order valence-corrected chi connectivity index (χ1v) is 7.37. The minimum Gasteiger partial charge on any atom is -0.327 e. The predicted octanol–water partition coefficient (Wildman–Crippen LogP) is 3.96. The highest BCUT2D eigenvalue weighted by molar-refractivity contribution is 5.32. The smallest absolute Gasteiger partial charge is 0.159 e. The van der Waals surface area contributed by atoms with Gasteiger partial charge in [0.05, 0.1) is 0 Å². The quantitative estimate of drug-likeness (QED) is 0.905. The van der Waals surface area contributed by atoms with E-state index in [1.807, 2.05) is 18.2 Å². The molecule has 0 aromatic heterocycles. The second-order valence-electron chi connectivity index (χ2n) is 5.93. The Balaban J connectivity index is 1.83. The molecule has 110 valence electrons. The van der Waals surface area contributed by atoms with E-state index in [2.05, 4.69) is 12.1 Å². The van der Waals surface area contributed by atoms with Crippen molar-refractivity contribution in [1.82, 2.24) is 0 Å². The molecule has 2 N–H and O–H groups in total. The first-order valence-electron chi connectivity index (χ1n) is 7.37. The van der Waals surface area contributed by atoms with Gasteiger partial charge < -0.3 is 5.73 Å². The Kier molecular flexibility index (Phi) is 3.77. The van der Waals surface area contributed by atoms with E-state index in [9.17, 15) is 8.78 Å². The maximum atomic E-state index is 13.3. The van der Waals surface area contributed by atoms with Crippen molar-refractivity contribution < 1.29 is 8.78 Å². The van der Waals surface area contributed by atoms with Crippen LogP contribution in [0.1, 0.15) is 30.4 Å². The molecule has 1 atom stereocenters. The number of rotatable bonds is 4. The highest BCUT2D eigenvalue weighted by Crippen LogP contribution is 2.46. The molecule has 0 spiro atoms. The van der Waals surface area contributed by atoms with Crippen LogP contribution in [0, 0.1) is 11.6 Å². The summed E-state index contributed by atoms with van der Waals surface area (Å²) in [7, 11) is 0. The Labute approximate surface area is 123 Å². The summed E-state index contributed by atoms with van der Waals surface area (Å²) in [6, 6.07) is 14.2. The van der Waals surface area contributed by atoms with Crippen LogP contribution < -0.4 is 5.73 Å². The second-order valence-corrected chi connectivity index (χ2v) is 5.93. The molecule has 1 saturated carbocycles. The van der Waals surface area contributed by atoms with Crippen LogP contribution in [-0.2, 0) is 11.8 Å². The van der Waals surface area contributed by atoms with Crippen molar-refractivity contribution in [3.05, 3.63) is 71.3 Å². The topological polar surface area (TPSA) is 26.0 Å². The first-order chi connectivity index (χ1) is 10.1. The van der Waals surface area contributed by atoms with Crippen molar-refractivity contribution >= 4 is 0 Å². The SMILES string of the molecule is NC(Cc1ccc(F)c(F)c1)C1(c2ccccc2)CCC1. The molecule has 1 aliphatic carbocycles. The van der Waals surface area contributed by atoms with Crippen molar-refractivity contribution in [2.24, 2.45) is 5.73 Å². The van der Waals surface area contributed by atoms with E-state index < -0.39 is 11.6 Å². The third kappa shape index (κ3) is 2.58. The Morgan fingerprint density at radius 1 is 1.00 bits per heavy atom. The molecule has 0 aliphatic heterocycles. The lowest BCUT2D eigenvalue weighted by Crippen LogP contribution is -2.51. The Hall–Kier alpha value is -1.74. The van der Waals surface area contributed by atoms with Gasteiger partial charge in [0.15, 0.2) is 11.6 Å². The number of hydrogen-bond acceptors (Lipinski definition) is 1. The van der Waals surface area contributed by atoms with E-state index in [1.165, 1.54) is 24.1 Å². The Morgan fingerprint density at radius 2 is 1.71 bits per heavy atom. The number of halogens is 2. The lowest BCUT2D eigenvalue weighted by Gasteiger charge is -2.47. The molecule has 0 heterocycles. The molecule has 0 saturated heterocycles. The van der Waals surface area contributed by atoms with Gasteiger partial charge in [0.1, 0.15) is 0 Å². The summed E-state index contributed by atoms with van der Waals surface area (Å²) in [6.45, 7) is 0. The van der Waals surface area contributed by atoms with Crippen LogP contribution in [0.25, 0.3) is 0 Å². The van der Waals surface area contributed by atoms with E-state index in [0.717, 1.165) is 18.4 Å². The molecular weight excluding hydrogens is 268 g/mol. The van der Waals surface area contributed by atoms with E-state index in [0.29, 0.717) is 6.42 Å². The van der Waals surface area contributed by atoms with Gasteiger partial charge in [-0.3, -0.25) is 0 Å². The van der Waals surface area contributed by atoms with Crippen molar-refractivity contribution in [2.45, 2.75) is 37.1 Å². The molecule has 1 unspecified atom stereocenters. The zero-order valence-corrected chi connectivity index (χ0v) is 11.9. The summed E-state index contributed by atoms with van der Waals surface area (Å²) in [4.78, 5) is 0. The maximum absolute atomic E-state index is 13.3. The largest absolute Gasteiger partial charge is 0.327 e. The van der Waals surface area contributed by atoms with Gasteiger partial charge in [0, 0.05) is 11.5 Å². The molecule has 0 bridgehead atoms.